The van der Waals surface area contributed by atoms with Gasteiger partial charge in [0.1, 0.15) is 5.69 Å². The Balaban J connectivity index is 1.80. The van der Waals surface area contributed by atoms with Crippen molar-refractivity contribution >= 4 is 22.6 Å². The van der Waals surface area contributed by atoms with Crippen LogP contribution in [0.2, 0.25) is 0 Å². The molecule has 0 aromatic heterocycles. The molecule has 2 heterocycles. The third-order valence-electron chi connectivity index (χ3n) is 5.27. The van der Waals surface area contributed by atoms with Crippen LogP contribution < -0.4 is 4.90 Å². The van der Waals surface area contributed by atoms with Crippen LogP contribution in [-0.4, -0.2) is 33.7 Å². The molecule has 0 saturated heterocycles. The van der Waals surface area contributed by atoms with Gasteiger partial charge in [-0.15, -0.1) is 0 Å². The lowest BCUT2D eigenvalue weighted by atomic mass is 9.87. The number of thioether (sulfide) groups is 1. The molecule has 26 heavy (non-hydrogen) atoms. The van der Waals surface area contributed by atoms with Crippen molar-refractivity contribution in [3.8, 4) is 0 Å². The molecule has 4 rings (SSSR count). The van der Waals surface area contributed by atoms with Crippen LogP contribution >= 0.6 is 11.8 Å². The molecule has 1 atom stereocenters. The van der Waals surface area contributed by atoms with Gasteiger partial charge in [0.15, 0.2) is 6.54 Å². The van der Waals surface area contributed by atoms with Gasteiger partial charge in [-0.2, -0.15) is 4.90 Å². The number of nitrogens with zero attached hydrogens (tertiary/aromatic N) is 2. The Morgan fingerprint density at radius 3 is 2.38 bits per heavy atom. The lowest BCUT2D eigenvalue weighted by Crippen LogP contribution is -2.46. The van der Waals surface area contributed by atoms with Crippen LogP contribution in [-0.2, 0) is 11.1 Å². The van der Waals surface area contributed by atoms with Crippen LogP contribution in [0.3, 0.4) is 0 Å². The fourth-order valence-electron chi connectivity index (χ4n) is 3.81. The van der Waals surface area contributed by atoms with Gasteiger partial charge in [-0.25, -0.2) is 4.58 Å². The number of hydrogen-bond acceptors (Lipinski definition) is 3. The van der Waals surface area contributed by atoms with Crippen LogP contribution in [0, 0.1) is 0 Å². The summed E-state index contributed by atoms with van der Waals surface area (Å²) in [5, 5.41) is 13.0. The number of benzene rings is 2. The molecule has 0 aliphatic carbocycles. The van der Waals surface area contributed by atoms with Crippen LogP contribution in [0.5, 0.6) is 0 Å². The molecule has 2 aromatic carbocycles. The average Bonchev–Trinajstić information content (AvgIpc) is 2.95. The van der Waals surface area contributed by atoms with Crippen molar-refractivity contribution in [2.24, 2.45) is 0 Å². The fourth-order valence-corrected chi connectivity index (χ4v) is 4.99. The lowest BCUT2D eigenvalue weighted by Gasteiger charge is -2.29. The second kappa shape index (κ2) is 6.43. The van der Waals surface area contributed by atoms with E-state index in [0.717, 1.165) is 30.0 Å². The van der Waals surface area contributed by atoms with Gasteiger partial charge in [0.25, 0.3) is 5.72 Å². The van der Waals surface area contributed by atoms with E-state index in [-0.39, 0.29) is 5.41 Å². The molecular weight excluding hydrogens is 340 g/mol. The predicted molar refractivity (Wildman–Crippen MR) is 110 cm³/mol. The van der Waals surface area contributed by atoms with Crippen molar-refractivity contribution in [2.45, 2.75) is 38.3 Å². The van der Waals surface area contributed by atoms with E-state index in [1.165, 1.54) is 10.7 Å². The molecule has 2 aliphatic heterocycles. The molecule has 0 saturated carbocycles. The molecule has 0 spiro atoms. The smallest absolute Gasteiger partial charge is 0.316 e. The SMILES string of the molecule is CC(C)(C)c1ccc(N2C3=[N+](CCCS3)CC2(O)c2ccccc2)cc1. The molecule has 2 aromatic rings. The molecule has 2 aliphatic rings. The third kappa shape index (κ3) is 2.95. The van der Waals surface area contributed by atoms with Crippen molar-refractivity contribution in [1.29, 1.82) is 0 Å². The molecule has 3 nitrogen and oxygen atoms in total. The van der Waals surface area contributed by atoms with Gasteiger partial charge in [-0.1, -0.05) is 63.2 Å². The van der Waals surface area contributed by atoms with Crippen molar-refractivity contribution in [2.75, 3.05) is 23.7 Å². The minimum absolute atomic E-state index is 0.123. The van der Waals surface area contributed by atoms with E-state index in [1.54, 1.807) is 0 Å². The number of anilines is 1. The molecule has 1 unspecified atom stereocenters. The topological polar surface area (TPSA) is 26.5 Å². The van der Waals surface area contributed by atoms with Gasteiger partial charge in [0.2, 0.25) is 0 Å². The summed E-state index contributed by atoms with van der Waals surface area (Å²) in [6.45, 7) is 8.30. The van der Waals surface area contributed by atoms with Gasteiger partial charge in [0.05, 0.1) is 6.54 Å². The Morgan fingerprint density at radius 1 is 1.04 bits per heavy atom. The number of rotatable bonds is 2. The Morgan fingerprint density at radius 2 is 1.73 bits per heavy atom. The maximum atomic E-state index is 11.8. The van der Waals surface area contributed by atoms with Crippen LogP contribution in [0.15, 0.2) is 54.6 Å². The van der Waals surface area contributed by atoms with Crippen molar-refractivity contribution in [1.82, 2.24) is 0 Å². The standard InChI is InChI=1S/C22H27N2OS/c1-21(2,3)17-10-12-19(13-11-17)24-20-23(14-7-15-26-20)16-22(24,25)18-8-5-4-6-9-18/h4-6,8-13,25H,7,14-16H2,1-3H3/q+1. The third-order valence-corrected chi connectivity index (χ3v) is 6.47. The largest absolute Gasteiger partial charge is 0.346 e. The second-order valence-corrected chi connectivity index (χ2v) is 9.28. The van der Waals surface area contributed by atoms with Gasteiger partial charge < -0.3 is 5.11 Å². The summed E-state index contributed by atoms with van der Waals surface area (Å²) < 4.78 is 2.33. The molecular formula is C22H27N2OS+. The average molecular weight is 368 g/mol. The Hall–Kier alpha value is -1.78. The Bertz CT molecular complexity index is 823. The van der Waals surface area contributed by atoms with E-state index in [0.29, 0.717) is 6.54 Å². The first-order chi connectivity index (χ1) is 12.4. The van der Waals surface area contributed by atoms with E-state index < -0.39 is 5.72 Å². The highest BCUT2D eigenvalue weighted by Gasteiger charge is 2.55. The van der Waals surface area contributed by atoms with E-state index in [2.05, 4.69) is 54.5 Å². The summed E-state index contributed by atoms with van der Waals surface area (Å²) >= 11 is 1.85. The summed E-state index contributed by atoms with van der Waals surface area (Å²) in [5.41, 5.74) is 2.40. The minimum Gasteiger partial charge on any atom is -0.346 e. The summed E-state index contributed by atoms with van der Waals surface area (Å²) in [6, 6.07) is 18.8. The van der Waals surface area contributed by atoms with E-state index in [1.807, 2.05) is 42.1 Å². The van der Waals surface area contributed by atoms with Crippen molar-refractivity contribution < 1.29 is 9.68 Å². The number of amidine groups is 1. The van der Waals surface area contributed by atoms with Crippen LogP contribution in [0.1, 0.15) is 38.3 Å². The fraction of sp³-hybridized carbons (Fsp3) is 0.409. The molecule has 4 heteroatoms. The van der Waals surface area contributed by atoms with Gasteiger partial charge in [0, 0.05) is 11.3 Å². The normalized spacial score (nSPS) is 23.3. The van der Waals surface area contributed by atoms with Gasteiger partial charge in [-0.05, 0) is 41.3 Å². The molecule has 0 bridgehead atoms. The van der Waals surface area contributed by atoms with Gasteiger partial charge >= 0.3 is 5.17 Å². The van der Waals surface area contributed by atoms with E-state index >= 15 is 0 Å². The Labute approximate surface area is 160 Å². The zero-order valence-corrected chi connectivity index (χ0v) is 16.6. The lowest BCUT2D eigenvalue weighted by molar-refractivity contribution is -0.532. The second-order valence-electron chi connectivity index (χ2n) is 8.22. The number of hydrogen-bond donors (Lipinski definition) is 1. The first-order valence-electron chi connectivity index (χ1n) is 9.33. The highest BCUT2D eigenvalue weighted by Crippen LogP contribution is 2.40. The Kier molecular flexibility index (Phi) is 4.36. The monoisotopic (exact) mass is 367 g/mol. The zero-order chi connectivity index (χ0) is 18.4. The minimum atomic E-state index is -1.03. The first-order valence-corrected chi connectivity index (χ1v) is 10.3. The summed E-state index contributed by atoms with van der Waals surface area (Å²) in [5.74, 6) is 1.10. The van der Waals surface area contributed by atoms with Gasteiger partial charge in [-0.3, -0.25) is 0 Å². The van der Waals surface area contributed by atoms with Crippen LogP contribution in [0.4, 0.5) is 5.69 Å². The maximum Gasteiger partial charge on any atom is 0.316 e. The first kappa shape index (κ1) is 17.6. The molecule has 0 amide bonds. The number of aliphatic hydroxyl groups is 1. The highest BCUT2D eigenvalue weighted by atomic mass is 32.2. The molecule has 0 radical (unpaired) electrons. The molecule has 136 valence electrons. The van der Waals surface area contributed by atoms with Crippen LogP contribution in [0.25, 0.3) is 0 Å². The molecule has 1 N–H and O–H groups in total. The summed E-state index contributed by atoms with van der Waals surface area (Å²) in [4.78, 5) is 2.14. The molecule has 0 fully saturated rings. The predicted octanol–water partition coefficient (Wildman–Crippen LogP) is 4.15. The van der Waals surface area contributed by atoms with Crippen molar-refractivity contribution in [3.05, 3.63) is 65.7 Å². The zero-order valence-electron chi connectivity index (χ0n) is 15.8. The van der Waals surface area contributed by atoms with E-state index in [4.69, 9.17) is 0 Å². The quantitative estimate of drug-likeness (QED) is 0.808. The highest BCUT2D eigenvalue weighted by molar-refractivity contribution is 8.14. The summed E-state index contributed by atoms with van der Waals surface area (Å²) in [6.07, 6.45) is 1.16. The summed E-state index contributed by atoms with van der Waals surface area (Å²) in [7, 11) is 0. The maximum absolute atomic E-state index is 11.8. The van der Waals surface area contributed by atoms with E-state index in [9.17, 15) is 5.11 Å². The van der Waals surface area contributed by atoms with Crippen molar-refractivity contribution in [3.63, 3.8) is 0 Å².